The normalized spacial score (nSPS) is 13.8. The highest BCUT2D eigenvalue weighted by Crippen LogP contribution is 2.50. The lowest BCUT2D eigenvalue weighted by Gasteiger charge is -2.31. The van der Waals surface area contributed by atoms with Crippen LogP contribution in [0.2, 0.25) is 0 Å². The number of fused-ring (bicyclic) bond motifs is 3. The zero-order chi connectivity index (χ0) is 36.0. The van der Waals surface area contributed by atoms with Gasteiger partial charge in [-0.1, -0.05) is 176 Å². The first-order chi connectivity index (χ1) is 26.7. The molecule has 0 bridgehead atoms. The lowest BCUT2D eigenvalue weighted by atomic mass is 9.84. The van der Waals surface area contributed by atoms with Gasteiger partial charge in [-0.2, -0.15) is 0 Å². The number of nitrogens with zero attached hydrogens (tertiary/aromatic N) is 2. The maximum absolute atomic E-state index is 2.47. The van der Waals surface area contributed by atoms with Gasteiger partial charge in [-0.25, -0.2) is 0 Å². The van der Waals surface area contributed by atoms with E-state index in [2.05, 4.69) is 223 Å². The van der Waals surface area contributed by atoms with Gasteiger partial charge in [0.25, 0.3) is 0 Å². The fourth-order valence-electron chi connectivity index (χ4n) is 8.65. The molecular weight excluding hydrogens is 653 g/mol. The van der Waals surface area contributed by atoms with Crippen molar-refractivity contribution >= 4 is 38.6 Å². The van der Waals surface area contributed by atoms with E-state index in [0.29, 0.717) is 0 Å². The Morgan fingerprint density at radius 3 is 1.37 bits per heavy atom. The average molecular weight is 691 g/mol. The third-order valence-corrected chi connectivity index (χ3v) is 11.1. The summed E-state index contributed by atoms with van der Waals surface area (Å²) in [5, 5.41) is 5.00. The van der Waals surface area contributed by atoms with Crippen LogP contribution in [0.15, 0.2) is 206 Å². The van der Waals surface area contributed by atoms with Gasteiger partial charge in [-0.05, 0) is 102 Å². The molecule has 1 aliphatic heterocycles. The maximum Gasteiger partial charge on any atom is 0.132 e. The van der Waals surface area contributed by atoms with Crippen LogP contribution in [0.25, 0.3) is 66.1 Å². The van der Waals surface area contributed by atoms with E-state index in [1.165, 1.54) is 88.7 Å². The summed E-state index contributed by atoms with van der Waals surface area (Å²) in [6, 6.07) is 75.2. The van der Waals surface area contributed by atoms with E-state index in [1.54, 1.807) is 0 Å². The molecule has 256 valence electrons. The second-order valence-corrected chi connectivity index (χ2v) is 14.1. The summed E-state index contributed by atoms with van der Waals surface area (Å²) in [5.41, 5.74) is 14.7. The molecule has 0 aliphatic carbocycles. The monoisotopic (exact) mass is 690 g/mol. The molecule has 1 aliphatic rings. The minimum absolute atomic E-state index is 0.0597. The summed E-state index contributed by atoms with van der Waals surface area (Å²) in [7, 11) is 2.20. The molecule has 0 amide bonds. The Hall–Kier alpha value is -6.90. The minimum Gasteiger partial charge on any atom is -0.349 e. The Morgan fingerprint density at radius 2 is 0.796 bits per heavy atom. The first kappa shape index (κ1) is 31.8. The SMILES string of the molecule is CN1c2ccccc2N(c2ccc(-c3c4ccccc4c(-c4ccc(-c5ccccc5)c(-c5ccccc5)c4)c4ccccc34)cc2)C1c1ccccc1. The molecule has 54 heavy (non-hydrogen) atoms. The first-order valence-corrected chi connectivity index (χ1v) is 18.7. The number of para-hydroxylation sites is 2. The van der Waals surface area contributed by atoms with Crippen LogP contribution < -0.4 is 9.80 Å². The lowest BCUT2D eigenvalue weighted by molar-refractivity contribution is 0.719. The Kier molecular flexibility index (Phi) is 7.81. The Morgan fingerprint density at radius 1 is 0.352 bits per heavy atom. The second kappa shape index (κ2) is 13.3. The van der Waals surface area contributed by atoms with Gasteiger partial charge in [0.1, 0.15) is 6.17 Å². The summed E-state index contributed by atoms with van der Waals surface area (Å²) >= 11 is 0. The summed E-state index contributed by atoms with van der Waals surface area (Å²) in [6.07, 6.45) is 0.0597. The standard InChI is InChI=1S/C52H38N2/c1-53-48-27-15-16-28-49(48)54(52(53)39-21-9-4-10-22-39)41-32-29-38(30-33-41)50-43-23-11-13-25-45(43)51(46-26-14-12-24-44(46)50)40-31-34-42(36-17-5-2-6-18-36)47(35-40)37-19-7-3-8-20-37/h2-35,52H,1H3. The van der Waals surface area contributed by atoms with Gasteiger partial charge in [-0.15, -0.1) is 0 Å². The number of hydrogen-bond acceptors (Lipinski definition) is 2. The van der Waals surface area contributed by atoms with Crippen LogP contribution in [0.5, 0.6) is 0 Å². The summed E-state index contributed by atoms with van der Waals surface area (Å²) < 4.78 is 0. The molecule has 9 aromatic carbocycles. The van der Waals surface area contributed by atoms with Crippen molar-refractivity contribution in [1.29, 1.82) is 0 Å². The van der Waals surface area contributed by atoms with Crippen LogP contribution in [-0.4, -0.2) is 7.05 Å². The molecule has 0 saturated heterocycles. The van der Waals surface area contributed by atoms with E-state index >= 15 is 0 Å². The van der Waals surface area contributed by atoms with E-state index in [4.69, 9.17) is 0 Å². The van der Waals surface area contributed by atoms with Crippen molar-refractivity contribution in [3.63, 3.8) is 0 Å². The van der Waals surface area contributed by atoms with Gasteiger partial charge >= 0.3 is 0 Å². The van der Waals surface area contributed by atoms with E-state index in [9.17, 15) is 0 Å². The van der Waals surface area contributed by atoms with Crippen LogP contribution >= 0.6 is 0 Å². The number of rotatable bonds is 6. The van der Waals surface area contributed by atoms with E-state index in [0.717, 1.165) is 0 Å². The Labute approximate surface area is 316 Å². The molecule has 0 fully saturated rings. The predicted molar refractivity (Wildman–Crippen MR) is 229 cm³/mol. The number of hydrogen-bond donors (Lipinski definition) is 0. The van der Waals surface area contributed by atoms with Crippen LogP contribution in [0.3, 0.4) is 0 Å². The van der Waals surface area contributed by atoms with Gasteiger partial charge < -0.3 is 9.80 Å². The zero-order valence-electron chi connectivity index (χ0n) is 30.1. The molecule has 1 unspecified atom stereocenters. The Bertz CT molecular complexity index is 2720. The van der Waals surface area contributed by atoms with E-state index < -0.39 is 0 Å². The van der Waals surface area contributed by atoms with Gasteiger partial charge in [0.2, 0.25) is 0 Å². The second-order valence-electron chi connectivity index (χ2n) is 14.1. The molecule has 2 nitrogen and oxygen atoms in total. The molecule has 0 aromatic heterocycles. The highest BCUT2D eigenvalue weighted by Gasteiger charge is 2.35. The van der Waals surface area contributed by atoms with Crippen molar-refractivity contribution in [2.24, 2.45) is 0 Å². The van der Waals surface area contributed by atoms with Gasteiger partial charge in [0.05, 0.1) is 11.4 Å². The lowest BCUT2D eigenvalue weighted by Crippen LogP contribution is -2.30. The summed E-state index contributed by atoms with van der Waals surface area (Å²) in [5.74, 6) is 0. The molecule has 9 aromatic rings. The number of anilines is 3. The van der Waals surface area contributed by atoms with Crippen molar-refractivity contribution < 1.29 is 0 Å². The molecule has 1 heterocycles. The molecule has 0 spiro atoms. The molecular formula is C52H38N2. The van der Waals surface area contributed by atoms with Crippen molar-refractivity contribution in [1.82, 2.24) is 0 Å². The molecule has 0 N–H and O–H groups in total. The summed E-state index contributed by atoms with van der Waals surface area (Å²) in [4.78, 5) is 4.85. The average Bonchev–Trinajstić information content (AvgIpc) is 3.55. The fourth-order valence-corrected chi connectivity index (χ4v) is 8.65. The molecule has 10 rings (SSSR count). The van der Waals surface area contributed by atoms with Gasteiger partial charge in [0.15, 0.2) is 0 Å². The highest BCUT2D eigenvalue weighted by molar-refractivity contribution is 6.21. The molecule has 0 radical (unpaired) electrons. The zero-order valence-corrected chi connectivity index (χ0v) is 30.1. The fraction of sp³-hybridized carbons (Fsp3) is 0.0385. The van der Waals surface area contributed by atoms with E-state index in [1.807, 2.05) is 0 Å². The highest BCUT2D eigenvalue weighted by atomic mass is 15.4. The van der Waals surface area contributed by atoms with Gasteiger partial charge in [0, 0.05) is 12.7 Å². The molecule has 2 heteroatoms. The van der Waals surface area contributed by atoms with Crippen molar-refractivity contribution in [3.8, 4) is 44.5 Å². The topological polar surface area (TPSA) is 6.48 Å². The van der Waals surface area contributed by atoms with Crippen LogP contribution in [-0.2, 0) is 0 Å². The largest absolute Gasteiger partial charge is 0.349 e. The third kappa shape index (κ3) is 5.26. The van der Waals surface area contributed by atoms with Gasteiger partial charge in [-0.3, -0.25) is 0 Å². The Balaban J connectivity index is 1.14. The van der Waals surface area contributed by atoms with Crippen LogP contribution in [0, 0.1) is 0 Å². The third-order valence-electron chi connectivity index (χ3n) is 11.1. The first-order valence-electron chi connectivity index (χ1n) is 18.7. The van der Waals surface area contributed by atoms with Crippen LogP contribution in [0.1, 0.15) is 11.7 Å². The van der Waals surface area contributed by atoms with Crippen molar-refractivity contribution in [2.75, 3.05) is 16.8 Å². The van der Waals surface area contributed by atoms with E-state index in [-0.39, 0.29) is 6.17 Å². The van der Waals surface area contributed by atoms with Crippen LogP contribution in [0.4, 0.5) is 17.1 Å². The minimum atomic E-state index is 0.0597. The smallest absolute Gasteiger partial charge is 0.132 e. The molecule has 0 saturated carbocycles. The quantitative estimate of drug-likeness (QED) is 0.160. The van der Waals surface area contributed by atoms with Crippen molar-refractivity contribution in [3.05, 3.63) is 212 Å². The number of benzene rings is 9. The molecule has 1 atom stereocenters. The van der Waals surface area contributed by atoms with Crippen molar-refractivity contribution in [2.45, 2.75) is 6.17 Å². The maximum atomic E-state index is 2.47. The summed E-state index contributed by atoms with van der Waals surface area (Å²) in [6.45, 7) is 0. The predicted octanol–water partition coefficient (Wildman–Crippen LogP) is 13.9.